The van der Waals surface area contributed by atoms with Gasteiger partial charge in [-0.15, -0.1) is 0 Å². The molecule has 0 aromatic rings. The largest absolute Gasteiger partial charge is 0.468 e. The van der Waals surface area contributed by atoms with Crippen molar-refractivity contribution in [3.63, 3.8) is 0 Å². The lowest BCUT2D eigenvalue weighted by atomic mass is 9.95. The van der Waals surface area contributed by atoms with Crippen LogP contribution in [0, 0.1) is 5.92 Å². The fourth-order valence-electron chi connectivity index (χ4n) is 1.81. The van der Waals surface area contributed by atoms with Crippen molar-refractivity contribution >= 4 is 5.97 Å². The molecular formula is C10H17NO2. The molecule has 1 heterocycles. The maximum absolute atomic E-state index is 11.3. The minimum atomic E-state index is -0.163. The summed E-state index contributed by atoms with van der Waals surface area (Å²) in [6.07, 6.45) is 0. The van der Waals surface area contributed by atoms with Gasteiger partial charge in [0.1, 0.15) is 6.04 Å². The van der Waals surface area contributed by atoms with Gasteiger partial charge in [-0.1, -0.05) is 18.1 Å². The number of carbonyl (C=O) groups is 1. The Morgan fingerprint density at radius 3 is 2.54 bits per heavy atom. The molecule has 1 fully saturated rings. The van der Waals surface area contributed by atoms with E-state index in [2.05, 4.69) is 26.1 Å². The molecule has 0 amide bonds. The normalized spacial score (nSPS) is 27.5. The number of carbonyl (C=O) groups excluding carboxylic acids is 1. The first-order valence-electron chi connectivity index (χ1n) is 4.55. The molecule has 1 saturated heterocycles. The Morgan fingerprint density at radius 2 is 2.15 bits per heavy atom. The van der Waals surface area contributed by atoms with Crippen molar-refractivity contribution < 1.29 is 9.53 Å². The molecule has 0 aromatic carbocycles. The van der Waals surface area contributed by atoms with Crippen LogP contribution in [0.15, 0.2) is 11.1 Å². The van der Waals surface area contributed by atoms with Gasteiger partial charge in [0, 0.05) is 12.5 Å². The number of methoxy groups -OCH3 is 1. The summed E-state index contributed by atoms with van der Waals surface area (Å²) >= 11 is 0. The maximum atomic E-state index is 11.3. The fourth-order valence-corrected chi connectivity index (χ4v) is 1.81. The molecule has 0 aliphatic carbocycles. The van der Waals surface area contributed by atoms with Gasteiger partial charge in [0.25, 0.3) is 0 Å². The molecule has 13 heavy (non-hydrogen) atoms. The van der Waals surface area contributed by atoms with Crippen molar-refractivity contribution in [2.45, 2.75) is 26.8 Å². The summed E-state index contributed by atoms with van der Waals surface area (Å²) < 4.78 is 4.71. The summed E-state index contributed by atoms with van der Waals surface area (Å²) in [4.78, 5) is 11.3. The van der Waals surface area contributed by atoms with Gasteiger partial charge in [-0.3, -0.25) is 4.79 Å². The number of hydrogen-bond donors (Lipinski definition) is 1. The average Bonchev–Trinajstić information content (AvgIpc) is 2.46. The highest BCUT2D eigenvalue weighted by Gasteiger charge is 2.33. The topological polar surface area (TPSA) is 38.3 Å². The van der Waals surface area contributed by atoms with Gasteiger partial charge in [-0.2, -0.15) is 0 Å². The molecule has 74 valence electrons. The second kappa shape index (κ2) is 3.92. The van der Waals surface area contributed by atoms with E-state index < -0.39 is 0 Å². The van der Waals surface area contributed by atoms with E-state index in [1.165, 1.54) is 18.3 Å². The predicted molar refractivity (Wildman–Crippen MR) is 51.3 cm³/mol. The van der Waals surface area contributed by atoms with E-state index in [4.69, 9.17) is 4.74 Å². The number of ether oxygens (including phenoxy) is 1. The van der Waals surface area contributed by atoms with Gasteiger partial charge in [0.2, 0.25) is 0 Å². The molecule has 2 atom stereocenters. The van der Waals surface area contributed by atoms with E-state index >= 15 is 0 Å². The molecule has 1 rings (SSSR count). The van der Waals surface area contributed by atoms with Crippen LogP contribution in [-0.2, 0) is 9.53 Å². The van der Waals surface area contributed by atoms with E-state index in [1.54, 1.807) is 0 Å². The van der Waals surface area contributed by atoms with Crippen molar-refractivity contribution in [2.24, 2.45) is 5.92 Å². The Kier molecular flexibility index (Phi) is 3.09. The number of allylic oxidation sites excluding steroid dienone is 1. The second-order valence-corrected chi connectivity index (χ2v) is 3.70. The molecule has 3 heteroatoms. The molecular weight excluding hydrogens is 166 g/mol. The van der Waals surface area contributed by atoms with Gasteiger partial charge in [0.15, 0.2) is 0 Å². The summed E-state index contributed by atoms with van der Waals surface area (Å²) in [6.45, 7) is 7.02. The molecule has 0 aromatic heterocycles. The SMILES string of the molecule is COC(=O)[C@H]1NCC(=C(C)C)[C@@H]1C. The average molecular weight is 183 g/mol. The predicted octanol–water partition coefficient (Wildman–Crippen LogP) is 1.10. The van der Waals surface area contributed by atoms with Crippen LogP contribution in [0.25, 0.3) is 0 Å². The van der Waals surface area contributed by atoms with Crippen LogP contribution in [0.1, 0.15) is 20.8 Å². The van der Waals surface area contributed by atoms with Crippen LogP contribution in [0.3, 0.4) is 0 Å². The fraction of sp³-hybridized carbons (Fsp3) is 0.700. The molecule has 1 N–H and O–H groups in total. The minimum absolute atomic E-state index is 0.158. The van der Waals surface area contributed by atoms with Crippen LogP contribution in [0.2, 0.25) is 0 Å². The zero-order valence-corrected chi connectivity index (χ0v) is 8.68. The highest BCUT2D eigenvalue weighted by molar-refractivity contribution is 5.77. The standard InChI is InChI=1S/C10H17NO2/c1-6(2)8-5-11-9(7(8)3)10(12)13-4/h7,9,11H,5H2,1-4H3/t7-,9-/m0/s1. The van der Waals surface area contributed by atoms with Crippen LogP contribution >= 0.6 is 0 Å². The second-order valence-electron chi connectivity index (χ2n) is 3.70. The third kappa shape index (κ3) is 1.91. The quantitative estimate of drug-likeness (QED) is 0.489. The summed E-state index contributed by atoms with van der Waals surface area (Å²) in [5.41, 5.74) is 2.63. The van der Waals surface area contributed by atoms with Crippen molar-refractivity contribution in [3.8, 4) is 0 Å². The van der Waals surface area contributed by atoms with E-state index in [0.717, 1.165) is 6.54 Å². The third-order valence-corrected chi connectivity index (χ3v) is 2.66. The molecule has 1 aliphatic heterocycles. The highest BCUT2D eigenvalue weighted by atomic mass is 16.5. The summed E-state index contributed by atoms with van der Waals surface area (Å²) in [5.74, 6) is 0.0983. The molecule has 1 aliphatic rings. The van der Waals surface area contributed by atoms with Gasteiger partial charge in [-0.05, 0) is 13.8 Å². The lowest BCUT2D eigenvalue weighted by Crippen LogP contribution is -2.35. The van der Waals surface area contributed by atoms with Crippen LogP contribution in [0.4, 0.5) is 0 Å². The molecule has 0 spiro atoms. The number of hydrogen-bond acceptors (Lipinski definition) is 3. The highest BCUT2D eigenvalue weighted by Crippen LogP contribution is 2.24. The Labute approximate surface area is 79.2 Å². The number of esters is 1. The monoisotopic (exact) mass is 183 g/mol. The zero-order chi connectivity index (χ0) is 10.0. The Balaban J connectivity index is 2.77. The number of rotatable bonds is 1. The molecule has 0 unspecified atom stereocenters. The van der Waals surface area contributed by atoms with E-state index in [9.17, 15) is 4.79 Å². The molecule has 0 saturated carbocycles. The summed E-state index contributed by atoms with van der Waals surface area (Å²) in [7, 11) is 1.43. The van der Waals surface area contributed by atoms with E-state index in [-0.39, 0.29) is 17.9 Å². The van der Waals surface area contributed by atoms with Crippen LogP contribution < -0.4 is 5.32 Å². The first-order chi connectivity index (χ1) is 6.07. The zero-order valence-electron chi connectivity index (χ0n) is 8.68. The number of nitrogens with one attached hydrogen (secondary N) is 1. The van der Waals surface area contributed by atoms with E-state index in [0.29, 0.717) is 0 Å². The van der Waals surface area contributed by atoms with Crippen molar-refractivity contribution in [1.29, 1.82) is 0 Å². The third-order valence-electron chi connectivity index (χ3n) is 2.66. The maximum Gasteiger partial charge on any atom is 0.323 e. The first-order valence-corrected chi connectivity index (χ1v) is 4.55. The van der Waals surface area contributed by atoms with Crippen molar-refractivity contribution in [1.82, 2.24) is 5.32 Å². The van der Waals surface area contributed by atoms with Gasteiger partial charge in [0.05, 0.1) is 7.11 Å². The van der Waals surface area contributed by atoms with Crippen LogP contribution in [0.5, 0.6) is 0 Å². The molecule has 0 radical (unpaired) electrons. The smallest absolute Gasteiger partial charge is 0.323 e. The van der Waals surface area contributed by atoms with Crippen molar-refractivity contribution in [2.75, 3.05) is 13.7 Å². The van der Waals surface area contributed by atoms with Crippen molar-refractivity contribution in [3.05, 3.63) is 11.1 Å². The lowest BCUT2D eigenvalue weighted by molar-refractivity contribution is -0.143. The first kappa shape index (κ1) is 10.3. The molecule has 3 nitrogen and oxygen atoms in total. The van der Waals surface area contributed by atoms with E-state index in [1.807, 2.05) is 0 Å². The Hall–Kier alpha value is -0.830. The Morgan fingerprint density at radius 1 is 1.54 bits per heavy atom. The molecule has 0 bridgehead atoms. The van der Waals surface area contributed by atoms with Gasteiger partial charge >= 0.3 is 5.97 Å². The van der Waals surface area contributed by atoms with Gasteiger partial charge in [-0.25, -0.2) is 0 Å². The Bertz CT molecular complexity index is 241. The van der Waals surface area contributed by atoms with Gasteiger partial charge < -0.3 is 10.1 Å². The van der Waals surface area contributed by atoms with Crippen LogP contribution in [-0.4, -0.2) is 25.7 Å². The summed E-state index contributed by atoms with van der Waals surface area (Å²) in [5, 5.41) is 3.16. The summed E-state index contributed by atoms with van der Waals surface area (Å²) in [6, 6.07) is -0.158. The lowest BCUT2D eigenvalue weighted by Gasteiger charge is -2.13. The minimum Gasteiger partial charge on any atom is -0.468 e.